The molecule has 6 heteroatoms. The fourth-order valence-electron chi connectivity index (χ4n) is 8.50. The summed E-state index contributed by atoms with van der Waals surface area (Å²) in [5.41, 5.74) is 0. The molecule has 0 aromatic rings. The molecule has 0 aromatic carbocycles. The molecule has 0 rings (SSSR count). The number of hydrogen-bond donors (Lipinski definition) is 0. The maximum absolute atomic E-state index is 12.9. The van der Waals surface area contributed by atoms with Crippen molar-refractivity contribution in [1.82, 2.24) is 0 Å². The van der Waals surface area contributed by atoms with Crippen LogP contribution in [-0.4, -0.2) is 37.2 Å². The van der Waals surface area contributed by atoms with Gasteiger partial charge in [0.25, 0.3) is 0 Å². The lowest BCUT2D eigenvalue weighted by molar-refractivity contribution is -0.167. The average molecular weight is 1070 g/mol. The van der Waals surface area contributed by atoms with E-state index in [1.54, 1.807) is 0 Å². The number of hydrogen-bond acceptors (Lipinski definition) is 6. The Morgan fingerprint density at radius 1 is 0.260 bits per heavy atom. The van der Waals surface area contributed by atoms with Crippen molar-refractivity contribution in [2.75, 3.05) is 13.2 Å². The van der Waals surface area contributed by atoms with Crippen molar-refractivity contribution in [2.45, 2.75) is 284 Å². The van der Waals surface area contributed by atoms with Crippen LogP contribution >= 0.6 is 0 Å². The van der Waals surface area contributed by atoms with Gasteiger partial charge in [-0.05, 0) is 128 Å². The number of carbonyl (C=O) groups excluding carboxylic acids is 3. The van der Waals surface area contributed by atoms with Crippen molar-refractivity contribution in [3.05, 3.63) is 134 Å². The van der Waals surface area contributed by atoms with E-state index in [-0.39, 0.29) is 31.1 Å². The molecule has 0 heterocycles. The third kappa shape index (κ3) is 62.3. The molecule has 0 amide bonds. The molecule has 0 N–H and O–H groups in total. The van der Waals surface area contributed by atoms with Crippen molar-refractivity contribution < 1.29 is 28.6 Å². The molecule has 436 valence electrons. The van der Waals surface area contributed by atoms with Crippen molar-refractivity contribution in [1.29, 1.82) is 0 Å². The highest BCUT2D eigenvalue weighted by molar-refractivity contribution is 5.71. The first kappa shape index (κ1) is 72.5. The minimum absolute atomic E-state index is 0.0925. The molecule has 1 unspecified atom stereocenters. The minimum Gasteiger partial charge on any atom is -0.462 e. The fraction of sp³-hybridized carbons (Fsp3) is 0.648. The Morgan fingerprint density at radius 2 is 0.468 bits per heavy atom. The van der Waals surface area contributed by atoms with Crippen LogP contribution in [0.2, 0.25) is 0 Å². The van der Waals surface area contributed by atoms with E-state index in [2.05, 4.69) is 154 Å². The predicted molar refractivity (Wildman–Crippen MR) is 334 cm³/mol. The quantitative estimate of drug-likeness (QED) is 0.0261. The molecule has 0 bridgehead atoms. The highest BCUT2D eigenvalue weighted by Crippen LogP contribution is 2.15. The second-order valence-electron chi connectivity index (χ2n) is 20.5. The van der Waals surface area contributed by atoms with E-state index in [4.69, 9.17) is 14.2 Å². The molecule has 0 radical (unpaired) electrons. The Labute approximate surface area is 475 Å². The van der Waals surface area contributed by atoms with E-state index in [1.807, 2.05) is 0 Å². The molecule has 6 nitrogen and oxygen atoms in total. The van der Waals surface area contributed by atoms with E-state index in [0.717, 1.165) is 154 Å². The zero-order valence-electron chi connectivity index (χ0n) is 49.9. The number of esters is 3. The Bertz CT molecular complexity index is 1650. The van der Waals surface area contributed by atoms with Crippen LogP contribution < -0.4 is 0 Å². The molecule has 77 heavy (non-hydrogen) atoms. The summed E-state index contributed by atoms with van der Waals surface area (Å²) in [6.45, 7) is 6.29. The molecule has 0 spiro atoms. The molecule has 0 fully saturated rings. The molecule has 0 saturated heterocycles. The highest BCUT2D eigenvalue weighted by atomic mass is 16.6. The van der Waals surface area contributed by atoms with Crippen LogP contribution in [-0.2, 0) is 28.6 Å². The summed E-state index contributed by atoms with van der Waals surface area (Å²) in [6, 6.07) is 0. The van der Waals surface area contributed by atoms with Crippen LogP contribution in [0.4, 0.5) is 0 Å². The van der Waals surface area contributed by atoms with E-state index in [9.17, 15) is 14.4 Å². The molecule has 0 aromatic heterocycles. The van der Waals surface area contributed by atoms with E-state index in [1.165, 1.54) is 83.5 Å². The molecule has 0 aliphatic rings. The van der Waals surface area contributed by atoms with Gasteiger partial charge in [0.1, 0.15) is 13.2 Å². The summed E-state index contributed by atoms with van der Waals surface area (Å²) in [5, 5.41) is 0. The zero-order valence-corrected chi connectivity index (χ0v) is 49.9. The summed E-state index contributed by atoms with van der Waals surface area (Å²) in [4.78, 5) is 38.3. The van der Waals surface area contributed by atoms with Gasteiger partial charge in [-0.3, -0.25) is 14.4 Å². The lowest BCUT2D eigenvalue weighted by atomic mass is 10.0. The number of allylic oxidation sites excluding steroid dienone is 22. The van der Waals surface area contributed by atoms with Crippen LogP contribution in [0.5, 0.6) is 0 Å². The second kappa shape index (κ2) is 64.1. The average Bonchev–Trinajstić information content (AvgIpc) is 3.43. The Hall–Kier alpha value is -4.45. The number of carbonyl (C=O) groups is 3. The summed E-state index contributed by atoms with van der Waals surface area (Å²) in [6.07, 6.45) is 90.2. The SMILES string of the molecule is CC/C=C\C/C=C\C/C=C\C/C=C\C/C=C\CCCCCCCCCCCCCC(=O)OCC(COC(=O)CCCCCCC/C=C\C/C=C\C/C=C\CC)OC(=O)CCCCCCCCC/C=C\C/C=C\C/C=C\CC. The summed E-state index contributed by atoms with van der Waals surface area (Å²) in [5.74, 6) is -0.920. The van der Waals surface area contributed by atoms with Gasteiger partial charge in [0, 0.05) is 19.3 Å². The first-order chi connectivity index (χ1) is 38.0. The topological polar surface area (TPSA) is 78.9 Å². The third-order valence-corrected chi connectivity index (χ3v) is 13.1. The maximum Gasteiger partial charge on any atom is 0.306 e. The van der Waals surface area contributed by atoms with Crippen molar-refractivity contribution in [2.24, 2.45) is 0 Å². The van der Waals surface area contributed by atoms with E-state index >= 15 is 0 Å². The van der Waals surface area contributed by atoms with Crippen molar-refractivity contribution in [3.8, 4) is 0 Å². The minimum atomic E-state index is -0.797. The largest absolute Gasteiger partial charge is 0.462 e. The van der Waals surface area contributed by atoms with Crippen LogP contribution in [0.3, 0.4) is 0 Å². The molecule has 0 aliphatic carbocycles. The summed E-state index contributed by atoms with van der Waals surface area (Å²) >= 11 is 0. The third-order valence-electron chi connectivity index (χ3n) is 13.1. The summed E-state index contributed by atoms with van der Waals surface area (Å²) in [7, 11) is 0. The van der Waals surface area contributed by atoms with Gasteiger partial charge in [-0.25, -0.2) is 0 Å². The molecule has 0 aliphatic heterocycles. The zero-order chi connectivity index (χ0) is 55.7. The monoisotopic (exact) mass is 1060 g/mol. The predicted octanol–water partition coefficient (Wildman–Crippen LogP) is 21.8. The highest BCUT2D eigenvalue weighted by Gasteiger charge is 2.19. The van der Waals surface area contributed by atoms with Gasteiger partial charge in [0.15, 0.2) is 6.10 Å². The van der Waals surface area contributed by atoms with Gasteiger partial charge in [-0.1, -0.05) is 264 Å². The number of rotatable bonds is 56. The molecular formula is C71H116O6. The van der Waals surface area contributed by atoms with Crippen LogP contribution in [0.15, 0.2) is 134 Å². The van der Waals surface area contributed by atoms with Crippen molar-refractivity contribution in [3.63, 3.8) is 0 Å². The molecular weight excluding hydrogens is 949 g/mol. The number of unbranched alkanes of at least 4 members (excludes halogenated alkanes) is 23. The van der Waals surface area contributed by atoms with Crippen LogP contribution in [0.1, 0.15) is 278 Å². The summed E-state index contributed by atoms with van der Waals surface area (Å²) < 4.78 is 16.9. The Morgan fingerprint density at radius 3 is 0.727 bits per heavy atom. The lowest BCUT2D eigenvalue weighted by Crippen LogP contribution is -2.30. The van der Waals surface area contributed by atoms with Crippen molar-refractivity contribution >= 4 is 17.9 Å². The molecule has 1 atom stereocenters. The standard InChI is InChI=1S/C71H116O6/c1-4-7-10-13-16-19-22-25-28-30-31-32-33-34-35-36-37-38-39-41-43-46-49-52-55-58-61-64-70(73)76-67-68(66-75-69(72)63-60-57-54-51-48-45-42-27-24-21-18-15-12-9-6-3)77-71(74)65-62-59-56-53-50-47-44-40-29-26-23-20-17-14-11-8-5-2/h7-12,16-21,25-29,31-32,34-35,42,68H,4-6,13-15,22-24,30,33,36-41,43-67H2,1-3H3/b10-7-,11-8-,12-9-,19-16-,20-17-,21-18-,28-25-,29-26-,32-31-,35-34-,42-27-. The number of ether oxygens (including phenoxy) is 3. The van der Waals surface area contributed by atoms with Crippen LogP contribution in [0, 0.1) is 0 Å². The fourth-order valence-corrected chi connectivity index (χ4v) is 8.50. The lowest BCUT2D eigenvalue weighted by Gasteiger charge is -2.18. The van der Waals surface area contributed by atoms with Gasteiger partial charge in [0.05, 0.1) is 0 Å². The Kier molecular flexibility index (Phi) is 60.4. The Balaban J connectivity index is 4.36. The van der Waals surface area contributed by atoms with Gasteiger partial charge in [0.2, 0.25) is 0 Å². The molecule has 0 saturated carbocycles. The normalized spacial score (nSPS) is 13.0. The van der Waals surface area contributed by atoms with Gasteiger partial charge >= 0.3 is 17.9 Å². The first-order valence-corrected chi connectivity index (χ1v) is 31.7. The van der Waals surface area contributed by atoms with Gasteiger partial charge in [-0.15, -0.1) is 0 Å². The second-order valence-corrected chi connectivity index (χ2v) is 20.5. The maximum atomic E-state index is 12.9. The van der Waals surface area contributed by atoms with Crippen LogP contribution in [0.25, 0.3) is 0 Å². The van der Waals surface area contributed by atoms with Gasteiger partial charge in [-0.2, -0.15) is 0 Å². The van der Waals surface area contributed by atoms with E-state index < -0.39 is 6.10 Å². The van der Waals surface area contributed by atoms with E-state index in [0.29, 0.717) is 19.3 Å². The van der Waals surface area contributed by atoms with Gasteiger partial charge < -0.3 is 14.2 Å². The smallest absolute Gasteiger partial charge is 0.306 e. The first-order valence-electron chi connectivity index (χ1n) is 31.7.